The number of benzene rings is 2. The summed E-state index contributed by atoms with van der Waals surface area (Å²) in [6, 6.07) is 13.4. The van der Waals surface area contributed by atoms with Gasteiger partial charge >= 0.3 is 0 Å². The third kappa shape index (κ3) is 4.03. The number of hydrogen-bond acceptors (Lipinski definition) is 5. The Labute approximate surface area is 164 Å². The Kier molecular flexibility index (Phi) is 5.60. The molecule has 2 aliphatic rings. The molecular formula is C22H24N2O4. The highest BCUT2D eigenvalue weighted by atomic mass is 16.5. The first-order valence-electron chi connectivity index (χ1n) is 9.48. The van der Waals surface area contributed by atoms with E-state index in [9.17, 15) is 4.79 Å². The van der Waals surface area contributed by atoms with E-state index in [1.54, 1.807) is 7.11 Å². The van der Waals surface area contributed by atoms with Crippen LogP contribution >= 0.6 is 0 Å². The van der Waals surface area contributed by atoms with Gasteiger partial charge in [-0.25, -0.2) is 0 Å². The lowest BCUT2D eigenvalue weighted by molar-refractivity contribution is -0.110. The van der Waals surface area contributed by atoms with Gasteiger partial charge in [-0.15, -0.1) is 0 Å². The molecule has 1 amide bonds. The molecule has 0 spiro atoms. The fourth-order valence-corrected chi connectivity index (χ4v) is 3.45. The highest BCUT2D eigenvalue weighted by molar-refractivity contribution is 6.34. The van der Waals surface area contributed by atoms with Gasteiger partial charge in [-0.3, -0.25) is 9.69 Å². The largest absolute Gasteiger partial charge is 0.493 e. The number of rotatable bonds is 6. The number of nitrogens with one attached hydrogen (secondary N) is 1. The highest BCUT2D eigenvalue weighted by Gasteiger charge is 2.23. The number of carbonyl (C=O) groups excluding carboxylic acids is 1. The molecular weight excluding hydrogens is 356 g/mol. The van der Waals surface area contributed by atoms with Gasteiger partial charge in [-0.1, -0.05) is 24.3 Å². The zero-order valence-electron chi connectivity index (χ0n) is 15.9. The Hall–Kier alpha value is -2.83. The van der Waals surface area contributed by atoms with E-state index in [4.69, 9.17) is 14.2 Å². The Bertz CT molecular complexity index is 888. The smallest absolute Gasteiger partial charge is 0.256 e. The SMILES string of the molecule is COc1cc(C=C2C(=O)Nc3ccccc32)ccc1OCCN1CCOCC1. The van der Waals surface area contributed by atoms with Crippen molar-refractivity contribution in [2.24, 2.45) is 0 Å². The predicted molar refractivity (Wildman–Crippen MR) is 109 cm³/mol. The summed E-state index contributed by atoms with van der Waals surface area (Å²) >= 11 is 0. The van der Waals surface area contributed by atoms with E-state index in [0.29, 0.717) is 23.7 Å². The van der Waals surface area contributed by atoms with Crippen LogP contribution in [0.15, 0.2) is 42.5 Å². The molecule has 2 aliphatic heterocycles. The fraction of sp³-hybridized carbons (Fsp3) is 0.318. The standard InChI is InChI=1S/C22H24N2O4/c1-26-21-15-16(14-18-17-4-2-3-5-19(17)23-22(18)25)6-7-20(21)28-13-10-24-8-11-27-12-9-24/h2-7,14-15H,8-13H2,1H3,(H,23,25). The lowest BCUT2D eigenvalue weighted by Gasteiger charge is -2.26. The molecule has 1 fully saturated rings. The average molecular weight is 380 g/mol. The number of morpholine rings is 1. The van der Waals surface area contributed by atoms with Crippen LogP contribution in [0.4, 0.5) is 5.69 Å². The maximum Gasteiger partial charge on any atom is 0.256 e. The van der Waals surface area contributed by atoms with E-state index in [2.05, 4.69) is 10.2 Å². The molecule has 0 aliphatic carbocycles. The molecule has 0 bridgehead atoms. The van der Waals surface area contributed by atoms with Crippen molar-refractivity contribution in [2.45, 2.75) is 0 Å². The van der Waals surface area contributed by atoms with Crippen molar-refractivity contribution in [3.8, 4) is 11.5 Å². The van der Waals surface area contributed by atoms with Gasteiger partial charge in [0.2, 0.25) is 0 Å². The molecule has 0 aromatic heterocycles. The zero-order chi connectivity index (χ0) is 19.3. The molecule has 2 aromatic rings. The molecule has 1 N–H and O–H groups in total. The van der Waals surface area contributed by atoms with Crippen molar-refractivity contribution in [2.75, 3.05) is 51.9 Å². The van der Waals surface area contributed by atoms with Crippen LogP contribution in [-0.4, -0.2) is 57.4 Å². The number of amides is 1. The van der Waals surface area contributed by atoms with E-state index in [1.807, 2.05) is 48.5 Å². The van der Waals surface area contributed by atoms with E-state index >= 15 is 0 Å². The number of methoxy groups -OCH3 is 1. The number of ether oxygens (including phenoxy) is 3. The Morgan fingerprint density at radius 1 is 1.14 bits per heavy atom. The molecule has 2 heterocycles. The summed E-state index contributed by atoms with van der Waals surface area (Å²) in [4.78, 5) is 14.6. The molecule has 28 heavy (non-hydrogen) atoms. The molecule has 0 saturated carbocycles. The van der Waals surface area contributed by atoms with Crippen molar-refractivity contribution in [3.63, 3.8) is 0 Å². The predicted octanol–water partition coefficient (Wildman–Crippen LogP) is 2.90. The molecule has 0 radical (unpaired) electrons. The van der Waals surface area contributed by atoms with Gasteiger partial charge in [0.1, 0.15) is 6.61 Å². The topological polar surface area (TPSA) is 60.0 Å². The zero-order valence-corrected chi connectivity index (χ0v) is 15.9. The first-order valence-corrected chi connectivity index (χ1v) is 9.48. The van der Waals surface area contributed by atoms with Gasteiger partial charge in [0.25, 0.3) is 5.91 Å². The second kappa shape index (κ2) is 8.46. The lowest BCUT2D eigenvalue weighted by atomic mass is 10.0. The first-order chi connectivity index (χ1) is 13.7. The molecule has 6 heteroatoms. The van der Waals surface area contributed by atoms with Crippen molar-refractivity contribution in [1.82, 2.24) is 4.90 Å². The van der Waals surface area contributed by atoms with Crippen LogP contribution in [0.2, 0.25) is 0 Å². The van der Waals surface area contributed by atoms with Gasteiger partial charge in [-0.2, -0.15) is 0 Å². The minimum Gasteiger partial charge on any atom is -0.493 e. The van der Waals surface area contributed by atoms with Crippen molar-refractivity contribution in [3.05, 3.63) is 53.6 Å². The number of nitrogens with zero attached hydrogens (tertiary/aromatic N) is 1. The normalized spacial score (nSPS) is 18.0. The Morgan fingerprint density at radius 2 is 1.96 bits per heavy atom. The maximum absolute atomic E-state index is 12.3. The maximum atomic E-state index is 12.3. The second-order valence-corrected chi connectivity index (χ2v) is 6.77. The Balaban J connectivity index is 1.47. The van der Waals surface area contributed by atoms with E-state index in [-0.39, 0.29) is 5.91 Å². The first kappa shape index (κ1) is 18.5. The molecule has 4 rings (SSSR count). The van der Waals surface area contributed by atoms with Crippen LogP contribution in [0, 0.1) is 0 Å². The van der Waals surface area contributed by atoms with Crippen LogP contribution in [0.1, 0.15) is 11.1 Å². The number of carbonyl (C=O) groups is 1. The van der Waals surface area contributed by atoms with E-state index in [1.165, 1.54) is 0 Å². The van der Waals surface area contributed by atoms with Crippen LogP contribution in [-0.2, 0) is 9.53 Å². The summed E-state index contributed by atoms with van der Waals surface area (Å²) in [7, 11) is 1.62. The van der Waals surface area contributed by atoms with Gasteiger partial charge < -0.3 is 19.5 Å². The van der Waals surface area contributed by atoms with E-state index in [0.717, 1.165) is 49.7 Å². The van der Waals surface area contributed by atoms with E-state index < -0.39 is 0 Å². The molecule has 0 atom stereocenters. The minimum absolute atomic E-state index is 0.0917. The summed E-state index contributed by atoms with van der Waals surface area (Å²) in [5, 5.41) is 2.89. The number of para-hydroxylation sites is 1. The third-order valence-corrected chi connectivity index (χ3v) is 4.98. The van der Waals surface area contributed by atoms with Gasteiger partial charge in [0.05, 0.1) is 20.3 Å². The molecule has 1 saturated heterocycles. The van der Waals surface area contributed by atoms with Crippen LogP contribution < -0.4 is 14.8 Å². The van der Waals surface area contributed by atoms with Gasteiger partial charge in [0.15, 0.2) is 11.5 Å². The lowest BCUT2D eigenvalue weighted by Crippen LogP contribution is -2.38. The highest BCUT2D eigenvalue weighted by Crippen LogP contribution is 2.34. The summed E-state index contributed by atoms with van der Waals surface area (Å²) in [6.07, 6.45) is 1.88. The summed E-state index contributed by atoms with van der Waals surface area (Å²) < 4.78 is 16.8. The number of anilines is 1. The van der Waals surface area contributed by atoms with Gasteiger partial charge in [0, 0.05) is 36.5 Å². The molecule has 146 valence electrons. The second-order valence-electron chi connectivity index (χ2n) is 6.77. The Morgan fingerprint density at radius 3 is 2.79 bits per heavy atom. The van der Waals surface area contributed by atoms with Crippen molar-refractivity contribution >= 4 is 23.2 Å². The minimum atomic E-state index is -0.0917. The van der Waals surface area contributed by atoms with Crippen molar-refractivity contribution < 1.29 is 19.0 Å². The molecule has 0 unspecified atom stereocenters. The van der Waals surface area contributed by atoms with Crippen LogP contribution in [0.5, 0.6) is 11.5 Å². The van der Waals surface area contributed by atoms with Crippen LogP contribution in [0.25, 0.3) is 11.6 Å². The molecule has 2 aromatic carbocycles. The van der Waals surface area contributed by atoms with Crippen LogP contribution in [0.3, 0.4) is 0 Å². The quantitative estimate of drug-likeness (QED) is 0.781. The third-order valence-electron chi connectivity index (χ3n) is 4.98. The number of hydrogen-bond donors (Lipinski definition) is 1. The van der Waals surface area contributed by atoms with Crippen molar-refractivity contribution in [1.29, 1.82) is 0 Å². The number of fused-ring (bicyclic) bond motifs is 1. The summed E-state index contributed by atoms with van der Waals surface area (Å²) in [5.41, 5.74) is 3.30. The summed E-state index contributed by atoms with van der Waals surface area (Å²) in [5.74, 6) is 1.27. The van der Waals surface area contributed by atoms with Gasteiger partial charge in [-0.05, 0) is 29.8 Å². The monoisotopic (exact) mass is 380 g/mol. The average Bonchev–Trinajstić information content (AvgIpc) is 3.05. The molecule has 6 nitrogen and oxygen atoms in total. The summed E-state index contributed by atoms with van der Waals surface area (Å²) in [6.45, 7) is 4.89. The fourth-order valence-electron chi connectivity index (χ4n) is 3.45.